The summed E-state index contributed by atoms with van der Waals surface area (Å²) in [6.45, 7) is 1.82. The molecule has 0 unspecified atom stereocenters. The van der Waals surface area contributed by atoms with Gasteiger partial charge in [-0.15, -0.1) is 0 Å². The quantitative estimate of drug-likeness (QED) is 0.741. The van der Waals surface area contributed by atoms with Gasteiger partial charge in [-0.3, -0.25) is 4.79 Å². The van der Waals surface area contributed by atoms with Gasteiger partial charge < -0.3 is 10.1 Å². The predicted molar refractivity (Wildman–Crippen MR) is 106 cm³/mol. The van der Waals surface area contributed by atoms with Gasteiger partial charge in [-0.2, -0.15) is 0 Å². The normalized spacial score (nSPS) is 14.1. The molecule has 0 saturated heterocycles. The van der Waals surface area contributed by atoms with E-state index in [0.29, 0.717) is 5.56 Å². The second-order valence-corrected chi connectivity index (χ2v) is 7.09. The Kier molecular flexibility index (Phi) is 6.64. The summed E-state index contributed by atoms with van der Waals surface area (Å²) in [5.74, 6) is -0.714. The average molecular weight is 365 g/mol. The number of aryl methyl sites for hydroxylation is 2. The molecule has 1 aliphatic rings. The highest BCUT2D eigenvalue weighted by Gasteiger charge is 2.17. The molecule has 4 nitrogen and oxygen atoms in total. The highest BCUT2D eigenvalue weighted by atomic mass is 16.5. The number of amides is 1. The Balaban J connectivity index is 1.55. The maximum Gasteiger partial charge on any atom is 0.338 e. The third kappa shape index (κ3) is 5.19. The van der Waals surface area contributed by atoms with Crippen LogP contribution in [0.3, 0.4) is 0 Å². The molecule has 0 spiro atoms. The van der Waals surface area contributed by atoms with Crippen LogP contribution in [0.15, 0.2) is 48.5 Å². The lowest BCUT2D eigenvalue weighted by Crippen LogP contribution is -2.32. The largest absolute Gasteiger partial charge is 0.452 e. The molecular weight excluding hydrogens is 338 g/mol. The Labute approximate surface area is 160 Å². The molecule has 27 heavy (non-hydrogen) atoms. The van der Waals surface area contributed by atoms with Gasteiger partial charge in [0.15, 0.2) is 6.61 Å². The van der Waals surface area contributed by atoms with Gasteiger partial charge in [0.25, 0.3) is 5.91 Å². The van der Waals surface area contributed by atoms with Crippen molar-refractivity contribution in [3.8, 4) is 0 Å². The number of fused-ring (bicyclic) bond motifs is 1. The van der Waals surface area contributed by atoms with E-state index >= 15 is 0 Å². The summed E-state index contributed by atoms with van der Waals surface area (Å²) in [5, 5.41) is 2.97. The zero-order chi connectivity index (χ0) is 19.1. The van der Waals surface area contributed by atoms with Gasteiger partial charge in [-0.25, -0.2) is 4.79 Å². The molecule has 0 aliphatic heterocycles. The smallest absolute Gasteiger partial charge is 0.338 e. The molecule has 4 heteroatoms. The summed E-state index contributed by atoms with van der Waals surface area (Å²) < 4.78 is 5.24. The number of carbonyl (C=O) groups is 2. The average Bonchev–Trinajstić information content (AvgIpc) is 2.72. The van der Waals surface area contributed by atoms with Gasteiger partial charge in [-0.05, 0) is 60.9 Å². The van der Waals surface area contributed by atoms with E-state index in [1.54, 1.807) is 6.07 Å². The molecule has 0 saturated carbocycles. The molecule has 2 aromatic rings. The number of esters is 1. The number of ether oxygens (including phenoxy) is 1. The molecule has 2 aromatic carbocycles. The van der Waals surface area contributed by atoms with Crippen LogP contribution in [0.2, 0.25) is 0 Å². The van der Waals surface area contributed by atoms with E-state index in [0.717, 1.165) is 37.7 Å². The van der Waals surface area contributed by atoms with Crippen molar-refractivity contribution in [2.45, 2.75) is 51.5 Å². The van der Waals surface area contributed by atoms with Crippen molar-refractivity contribution >= 4 is 11.9 Å². The van der Waals surface area contributed by atoms with E-state index in [1.807, 2.05) is 42.5 Å². The van der Waals surface area contributed by atoms with Crippen molar-refractivity contribution in [1.29, 1.82) is 0 Å². The molecule has 3 rings (SSSR count). The van der Waals surface area contributed by atoms with Crippen LogP contribution < -0.4 is 5.32 Å². The Bertz CT molecular complexity index is 785. The van der Waals surface area contributed by atoms with Gasteiger partial charge in [0.2, 0.25) is 0 Å². The fourth-order valence-corrected chi connectivity index (χ4v) is 3.61. The van der Waals surface area contributed by atoms with Crippen LogP contribution in [0, 0.1) is 0 Å². The Morgan fingerprint density at radius 2 is 1.78 bits per heavy atom. The van der Waals surface area contributed by atoms with Crippen molar-refractivity contribution in [3.63, 3.8) is 0 Å². The number of hydrogen-bond acceptors (Lipinski definition) is 3. The van der Waals surface area contributed by atoms with E-state index in [9.17, 15) is 9.59 Å². The lowest BCUT2D eigenvalue weighted by Gasteiger charge is -2.19. The molecule has 0 fully saturated rings. The molecule has 0 aromatic heterocycles. The van der Waals surface area contributed by atoms with E-state index in [4.69, 9.17) is 4.74 Å². The highest BCUT2D eigenvalue weighted by molar-refractivity contribution is 5.91. The van der Waals surface area contributed by atoms with Crippen LogP contribution in [0.5, 0.6) is 0 Å². The first-order valence-corrected chi connectivity index (χ1v) is 9.80. The fraction of sp³-hybridized carbons (Fsp3) is 0.391. The van der Waals surface area contributed by atoms with Crippen LogP contribution in [0.4, 0.5) is 0 Å². The van der Waals surface area contributed by atoms with Crippen LogP contribution in [0.25, 0.3) is 0 Å². The number of rotatable bonds is 7. The first-order chi connectivity index (χ1) is 13.2. The summed E-state index contributed by atoms with van der Waals surface area (Å²) in [6, 6.07) is 15.5. The Hall–Kier alpha value is -2.62. The summed E-state index contributed by atoms with van der Waals surface area (Å²) in [7, 11) is 0. The summed E-state index contributed by atoms with van der Waals surface area (Å²) in [4.78, 5) is 24.6. The molecule has 0 bridgehead atoms. The number of benzene rings is 2. The van der Waals surface area contributed by atoms with Crippen molar-refractivity contribution in [2.75, 3.05) is 6.61 Å². The van der Waals surface area contributed by atoms with Gasteiger partial charge in [0, 0.05) is 0 Å². The van der Waals surface area contributed by atoms with Crippen LogP contribution >= 0.6 is 0 Å². The summed E-state index contributed by atoms with van der Waals surface area (Å²) >= 11 is 0. The standard InChI is InChI=1S/C23H27NO3/c1-2-8-21(18-10-4-3-5-11-18)24-22(25)16-27-23(26)20-14-13-17-9-6-7-12-19(17)15-20/h3-5,10-11,13-15,21H,2,6-9,12,16H2,1H3,(H,24,25)/t21-/m1/s1. The first kappa shape index (κ1) is 19.2. The van der Waals surface area contributed by atoms with E-state index < -0.39 is 5.97 Å². The summed E-state index contributed by atoms with van der Waals surface area (Å²) in [5.41, 5.74) is 4.14. The van der Waals surface area contributed by atoms with Gasteiger partial charge >= 0.3 is 5.97 Å². The molecule has 1 aliphatic carbocycles. The maximum atomic E-state index is 12.3. The minimum Gasteiger partial charge on any atom is -0.452 e. The monoisotopic (exact) mass is 365 g/mol. The van der Waals surface area contributed by atoms with Crippen molar-refractivity contribution in [2.24, 2.45) is 0 Å². The number of carbonyl (C=O) groups excluding carboxylic acids is 2. The SMILES string of the molecule is CCC[C@@H](NC(=O)COC(=O)c1ccc2c(c1)CCCC2)c1ccccc1. The lowest BCUT2D eigenvalue weighted by atomic mass is 9.90. The van der Waals surface area contributed by atoms with Crippen LogP contribution in [-0.2, 0) is 22.4 Å². The second-order valence-electron chi connectivity index (χ2n) is 7.09. The third-order valence-electron chi connectivity index (χ3n) is 5.03. The molecular formula is C23H27NO3. The Morgan fingerprint density at radius 3 is 2.52 bits per heavy atom. The molecule has 0 radical (unpaired) electrons. The zero-order valence-corrected chi connectivity index (χ0v) is 15.9. The molecule has 0 heterocycles. The van der Waals surface area contributed by atoms with Crippen molar-refractivity contribution in [3.05, 3.63) is 70.8 Å². The van der Waals surface area contributed by atoms with Crippen LogP contribution in [-0.4, -0.2) is 18.5 Å². The maximum absolute atomic E-state index is 12.3. The topological polar surface area (TPSA) is 55.4 Å². The number of hydrogen-bond donors (Lipinski definition) is 1. The van der Waals surface area contributed by atoms with E-state index in [2.05, 4.69) is 12.2 Å². The van der Waals surface area contributed by atoms with Crippen LogP contribution in [0.1, 0.15) is 65.7 Å². The van der Waals surface area contributed by atoms with Crippen molar-refractivity contribution in [1.82, 2.24) is 5.32 Å². The molecule has 1 amide bonds. The minimum atomic E-state index is -0.440. The number of nitrogens with one attached hydrogen (secondary N) is 1. The highest BCUT2D eigenvalue weighted by Crippen LogP contribution is 2.22. The predicted octanol–water partition coefficient (Wildman–Crippen LogP) is 4.38. The Morgan fingerprint density at radius 1 is 1.04 bits per heavy atom. The zero-order valence-electron chi connectivity index (χ0n) is 15.9. The van der Waals surface area contributed by atoms with Gasteiger partial charge in [0.05, 0.1) is 11.6 Å². The van der Waals surface area contributed by atoms with E-state index in [-0.39, 0.29) is 18.6 Å². The minimum absolute atomic E-state index is 0.0638. The third-order valence-corrected chi connectivity index (χ3v) is 5.03. The summed E-state index contributed by atoms with van der Waals surface area (Å²) in [6.07, 6.45) is 6.24. The molecule has 1 atom stereocenters. The van der Waals surface area contributed by atoms with Gasteiger partial charge in [0.1, 0.15) is 0 Å². The van der Waals surface area contributed by atoms with E-state index in [1.165, 1.54) is 17.5 Å². The van der Waals surface area contributed by atoms with Crippen molar-refractivity contribution < 1.29 is 14.3 Å². The fourth-order valence-electron chi connectivity index (χ4n) is 3.61. The molecule has 142 valence electrons. The lowest BCUT2D eigenvalue weighted by molar-refractivity contribution is -0.125. The van der Waals surface area contributed by atoms with Gasteiger partial charge in [-0.1, -0.05) is 49.7 Å². The first-order valence-electron chi connectivity index (χ1n) is 9.80. The second kappa shape index (κ2) is 9.36. The molecule has 1 N–H and O–H groups in total.